The molecule has 140 valence electrons. The number of aryl methyl sites for hydroxylation is 1. The van der Waals surface area contributed by atoms with Crippen molar-refractivity contribution in [2.75, 3.05) is 39.8 Å². The van der Waals surface area contributed by atoms with Gasteiger partial charge in [-0.3, -0.25) is 14.9 Å². The lowest BCUT2D eigenvalue weighted by Gasteiger charge is -2.29. The molecule has 0 aromatic heterocycles. The van der Waals surface area contributed by atoms with Crippen LogP contribution in [0.5, 0.6) is 0 Å². The molecule has 1 heterocycles. The summed E-state index contributed by atoms with van der Waals surface area (Å²) in [6.07, 6.45) is 0. The third kappa shape index (κ3) is 4.88. The van der Waals surface area contributed by atoms with Crippen molar-refractivity contribution >= 4 is 34.0 Å². The highest BCUT2D eigenvalue weighted by Gasteiger charge is 2.27. The van der Waals surface area contributed by atoms with Crippen molar-refractivity contribution in [2.24, 2.45) is 0 Å². The van der Waals surface area contributed by atoms with Crippen molar-refractivity contribution < 1.29 is 18.1 Å². The molecule has 9 nitrogen and oxygen atoms in total. The number of hydrogen-bond donors (Lipinski definition) is 1. The van der Waals surface area contributed by atoms with Crippen molar-refractivity contribution in [3.8, 4) is 0 Å². The van der Waals surface area contributed by atoms with E-state index in [2.05, 4.69) is 5.32 Å². The molecule has 1 saturated heterocycles. The molecule has 2 rings (SSSR count). The number of nitro groups is 1. The number of rotatable bonds is 5. The topological polar surface area (TPSA) is 113 Å². The first kappa shape index (κ1) is 21.3. The Morgan fingerprint density at radius 3 is 2.48 bits per heavy atom. The molecule has 0 radical (unpaired) electrons. The molecule has 1 aliphatic heterocycles. The molecular formula is C14H21ClN4O5S. The normalized spacial score (nSPS) is 14.9. The number of likely N-dealkylation sites (N-methyl/N-ethyl adjacent to an activating group) is 1. The van der Waals surface area contributed by atoms with Gasteiger partial charge >= 0.3 is 0 Å². The second-order valence-electron chi connectivity index (χ2n) is 5.60. The lowest BCUT2D eigenvalue weighted by molar-refractivity contribution is -0.385. The molecule has 1 aliphatic rings. The number of piperazine rings is 1. The van der Waals surface area contributed by atoms with E-state index < -0.39 is 14.9 Å². The Bertz CT molecular complexity index is 750. The van der Waals surface area contributed by atoms with Crippen LogP contribution in [0, 0.1) is 17.0 Å². The smallest absolute Gasteiger partial charge is 0.269 e. The predicted molar refractivity (Wildman–Crippen MR) is 94.3 cm³/mol. The van der Waals surface area contributed by atoms with E-state index in [1.54, 1.807) is 4.90 Å². The SMILES string of the molecule is Cc1cc([N+](=O)[O-])ccc1S(=O)(=O)N(C)CC(=O)N1CCNCC1.Cl. The molecule has 1 aromatic carbocycles. The largest absolute Gasteiger partial charge is 0.339 e. The predicted octanol–water partition coefficient (Wildman–Crippen LogP) is 0.377. The quantitative estimate of drug-likeness (QED) is 0.572. The molecule has 0 spiro atoms. The zero-order chi connectivity index (χ0) is 17.9. The van der Waals surface area contributed by atoms with Gasteiger partial charge in [-0.1, -0.05) is 0 Å². The Morgan fingerprint density at radius 2 is 1.96 bits per heavy atom. The monoisotopic (exact) mass is 392 g/mol. The fraction of sp³-hybridized carbons (Fsp3) is 0.500. The number of nitro benzene ring substituents is 1. The first-order chi connectivity index (χ1) is 11.2. The lowest BCUT2D eigenvalue weighted by Crippen LogP contribution is -2.49. The van der Waals surface area contributed by atoms with Crippen molar-refractivity contribution in [3.63, 3.8) is 0 Å². The second-order valence-corrected chi connectivity index (χ2v) is 7.61. The van der Waals surface area contributed by atoms with Crippen molar-refractivity contribution in [2.45, 2.75) is 11.8 Å². The minimum absolute atomic E-state index is 0. The number of hydrogen-bond acceptors (Lipinski definition) is 6. The van der Waals surface area contributed by atoms with E-state index in [4.69, 9.17) is 0 Å². The van der Waals surface area contributed by atoms with Gasteiger partial charge in [-0.25, -0.2) is 8.42 Å². The summed E-state index contributed by atoms with van der Waals surface area (Å²) in [5.41, 5.74) is 0.0941. The van der Waals surface area contributed by atoms with Crippen LogP contribution in [0.1, 0.15) is 5.56 Å². The molecule has 1 N–H and O–H groups in total. The number of non-ortho nitro benzene ring substituents is 1. The van der Waals surface area contributed by atoms with Crippen LogP contribution < -0.4 is 5.32 Å². The Labute approximate surface area is 152 Å². The molecule has 0 bridgehead atoms. The highest BCUT2D eigenvalue weighted by Crippen LogP contribution is 2.23. The van der Waals surface area contributed by atoms with E-state index in [1.165, 1.54) is 26.1 Å². The molecule has 1 fully saturated rings. The zero-order valence-corrected chi connectivity index (χ0v) is 15.6. The van der Waals surface area contributed by atoms with Gasteiger partial charge in [-0.15, -0.1) is 12.4 Å². The van der Waals surface area contributed by atoms with Gasteiger partial charge in [0.2, 0.25) is 15.9 Å². The summed E-state index contributed by atoms with van der Waals surface area (Å²) in [7, 11) is -2.57. The Morgan fingerprint density at radius 1 is 1.36 bits per heavy atom. The van der Waals surface area contributed by atoms with Gasteiger partial charge in [0.25, 0.3) is 5.69 Å². The number of sulfonamides is 1. The number of benzene rings is 1. The molecular weight excluding hydrogens is 372 g/mol. The van der Waals surface area contributed by atoms with E-state index in [0.29, 0.717) is 26.2 Å². The molecule has 0 saturated carbocycles. The Hall–Kier alpha value is -1.75. The summed E-state index contributed by atoms with van der Waals surface area (Å²) in [5.74, 6) is -0.262. The van der Waals surface area contributed by atoms with Crippen LogP contribution in [0.15, 0.2) is 23.1 Å². The summed E-state index contributed by atoms with van der Waals surface area (Å²) in [4.78, 5) is 24.0. The number of halogens is 1. The summed E-state index contributed by atoms with van der Waals surface area (Å²) in [6.45, 7) is 3.69. The zero-order valence-electron chi connectivity index (χ0n) is 14.0. The van der Waals surface area contributed by atoms with Crippen LogP contribution in [-0.4, -0.2) is 68.2 Å². The van der Waals surface area contributed by atoms with E-state index >= 15 is 0 Å². The number of amides is 1. The third-order valence-corrected chi connectivity index (χ3v) is 5.85. The standard InChI is InChI=1S/C14H20N4O5S.ClH/c1-11-9-12(18(20)21)3-4-13(11)24(22,23)16(2)10-14(19)17-7-5-15-6-8-17;/h3-4,9,15H,5-8,10H2,1-2H3;1H. The van der Waals surface area contributed by atoms with E-state index in [0.717, 1.165) is 10.4 Å². The maximum atomic E-state index is 12.6. The van der Waals surface area contributed by atoms with E-state index in [1.807, 2.05) is 0 Å². The van der Waals surface area contributed by atoms with Crippen LogP contribution in [0.25, 0.3) is 0 Å². The van der Waals surface area contributed by atoms with Crippen LogP contribution in [0.2, 0.25) is 0 Å². The number of nitrogens with one attached hydrogen (secondary N) is 1. The molecule has 1 aromatic rings. The van der Waals surface area contributed by atoms with Gasteiger partial charge in [0.1, 0.15) is 0 Å². The molecule has 0 atom stereocenters. The highest BCUT2D eigenvalue weighted by atomic mass is 35.5. The lowest BCUT2D eigenvalue weighted by atomic mass is 10.2. The maximum absolute atomic E-state index is 12.6. The van der Waals surface area contributed by atoms with Crippen molar-refractivity contribution in [3.05, 3.63) is 33.9 Å². The molecule has 1 amide bonds. The summed E-state index contributed by atoms with van der Waals surface area (Å²) >= 11 is 0. The summed E-state index contributed by atoms with van der Waals surface area (Å²) in [5, 5.41) is 13.9. The third-order valence-electron chi connectivity index (χ3n) is 3.89. The average molecular weight is 393 g/mol. The molecule has 0 aliphatic carbocycles. The second kappa shape index (κ2) is 8.56. The Balaban J connectivity index is 0.00000312. The number of carbonyl (C=O) groups excluding carboxylic acids is 1. The van der Waals surface area contributed by atoms with Crippen molar-refractivity contribution in [1.29, 1.82) is 0 Å². The summed E-state index contributed by atoms with van der Waals surface area (Å²) < 4.78 is 26.2. The van der Waals surface area contributed by atoms with Crippen LogP contribution in [0.3, 0.4) is 0 Å². The van der Waals surface area contributed by atoms with Gasteiger partial charge < -0.3 is 10.2 Å². The minimum atomic E-state index is -3.90. The van der Waals surface area contributed by atoms with E-state index in [-0.39, 0.29) is 41.0 Å². The molecule has 25 heavy (non-hydrogen) atoms. The van der Waals surface area contributed by atoms with Gasteiger partial charge in [0, 0.05) is 45.4 Å². The van der Waals surface area contributed by atoms with Crippen molar-refractivity contribution in [1.82, 2.24) is 14.5 Å². The van der Waals surface area contributed by atoms with E-state index in [9.17, 15) is 23.3 Å². The Kier molecular flexibility index (Phi) is 7.29. The fourth-order valence-corrected chi connectivity index (χ4v) is 3.82. The van der Waals surface area contributed by atoms with Crippen LogP contribution in [0.4, 0.5) is 5.69 Å². The number of nitrogens with zero attached hydrogens (tertiary/aromatic N) is 3. The first-order valence-electron chi connectivity index (χ1n) is 7.43. The van der Waals surface area contributed by atoms with Crippen LogP contribution >= 0.6 is 12.4 Å². The number of carbonyl (C=O) groups is 1. The van der Waals surface area contributed by atoms with Gasteiger partial charge in [-0.2, -0.15) is 4.31 Å². The molecule has 11 heteroatoms. The average Bonchev–Trinajstić information content (AvgIpc) is 2.55. The van der Waals surface area contributed by atoms with Gasteiger partial charge in [0.15, 0.2) is 0 Å². The summed E-state index contributed by atoms with van der Waals surface area (Å²) in [6, 6.07) is 3.55. The van der Waals surface area contributed by atoms with Gasteiger partial charge in [-0.05, 0) is 18.6 Å². The first-order valence-corrected chi connectivity index (χ1v) is 8.87. The highest BCUT2D eigenvalue weighted by molar-refractivity contribution is 7.89. The van der Waals surface area contributed by atoms with Crippen LogP contribution in [-0.2, 0) is 14.8 Å². The van der Waals surface area contributed by atoms with Gasteiger partial charge in [0.05, 0.1) is 16.4 Å². The fourth-order valence-electron chi connectivity index (χ4n) is 2.49. The minimum Gasteiger partial charge on any atom is -0.339 e. The maximum Gasteiger partial charge on any atom is 0.269 e. The molecule has 0 unspecified atom stereocenters.